The Morgan fingerprint density at radius 1 is 1.00 bits per heavy atom. The first-order valence-electron chi connectivity index (χ1n) is 9.44. The second kappa shape index (κ2) is 8.18. The van der Waals surface area contributed by atoms with Gasteiger partial charge in [0, 0.05) is 16.6 Å². The zero-order chi connectivity index (χ0) is 21.3. The second-order valence-electron chi connectivity index (χ2n) is 7.17. The molecule has 1 aromatic heterocycles. The molecular weight excluding hydrogens is 422 g/mol. The average Bonchev–Trinajstić information content (AvgIpc) is 3.20. The van der Waals surface area contributed by atoms with Gasteiger partial charge in [0.15, 0.2) is 0 Å². The van der Waals surface area contributed by atoms with Gasteiger partial charge in [0.25, 0.3) is 0 Å². The number of hydrogen-bond acceptors (Lipinski definition) is 5. The molecule has 154 valence electrons. The summed E-state index contributed by atoms with van der Waals surface area (Å²) in [5.41, 5.74) is 0.739. The van der Waals surface area contributed by atoms with Crippen molar-refractivity contribution in [3.05, 3.63) is 77.6 Å². The van der Waals surface area contributed by atoms with Crippen molar-refractivity contribution in [3.63, 3.8) is 0 Å². The first-order valence-corrected chi connectivity index (χ1v) is 11.3. The van der Waals surface area contributed by atoms with Gasteiger partial charge < -0.3 is 4.52 Å². The molecular formula is C22H20ClN3O3S. The molecule has 0 saturated heterocycles. The Morgan fingerprint density at radius 2 is 1.70 bits per heavy atom. The van der Waals surface area contributed by atoms with Crippen LogP contribution in [0.2, 0.25) is 5.02 Å². The lowest BCUT2D eigenvalue weighted by molar-refractivity contribution is 0.286. The molecule has 0 aliphatic carbocycles. The predicted molar refractivity (Wildman–Crippen MR) is 117 cm³/mol. The van der Waals surface area contributed by atoms with Crippen molar-refractivity contribution >= 4 is 32.4 Å². The summed E-state index contributed by atoms with van der Waals surface area (Å²) in [7, 11) is -3.76. The number of halogens is 1. The summed E-state index contributed by atoms with van der Waals surface area (Å²) in [6.07, 6.45) is 0. The molecule has 0 aliphatic rings. The van der Waals surface area contributed by atoms with Gasteiger partial charge in [-0.3, -0.25) is 0 Å². The highest BCUT2D eigenvalue weighted by Gasteiger charge is 2.29. The van der Waals surface area contributed by atoms with Crippen LogP contribution in [0.3, 0.4) is 0 Å². The lowest BCUT2D eigenvalue weighted by Gasteiger charge is -2.24. The molecule has 8 heteroatoms. The summed E-state index contributed by atoms with van der Waals surface area (Å²) in [4.78, 5) is 4.59. The Morgan fingerprint density at radius 3 is 2.40 bits per heavy atom. The fourth-order valence-corrected chi connectivity index (χ4v) is 4.93. The van der Waals surface area contributed by atoms with E-state index in [1.54, 1.807) is 36.4 Å². The van der Waals surface area contributed by atoms with Gasteiger partial charge in [-0.25, -0.2) is 8.42 Å². The largest absolute Gasteiger partial charge is 0.338 e. The highest BCUT2D eigenvalue weighted by Crippen LogP contribution is 2.25. The maximum atomic E-state index is 13.4. The Kier molecular flexibility index (Phi) is 5.60. The number of sulfonamides is 1. The van der Waals surface area contributed by atoms with Gasteiger partial charge in [-0.05, 0) is 61.0 Å². The van der Waals surface area contributed by atoms with E-state index in [0.29, 0.717) is 10.8 Å². The zero-order valence-electron chi connectivity index (χ0n) is 16.5. The summed E-state index contributed by atoms with van der Waals surface area (Å²) in [5, 5.41) is 6.43. The van der Waals surface area contributed by atoms with Crippen LogP contribution in [0.4, 0.5) is 0 Å². The van der Waals surface area contributed by atoms with Crippen molar-refractivity contribution in [1.29, 1.82) is 0 Å². The molecule has 0 N–H and O–H groups in total. The summed E-state index contributed by atoms with van der Waals surface area (Å²) >= 11 is 5.92. The second-order valence-corrected chi connectivity index (χ2v) is 9.50. The van der Waals surface area contributed by atoms with Crippen LogP contribution >= 0.6 is 11.6 Å². The fourth-order valence-electron chi connectivity index (χ4n) is 3.18. The van der Waals surface area contributed by atoms with E-state index in [4.69, 9.17) is 16.1 Å². The topological polar surface area (TPSA) is 76.3 Å². The minimum Gasteiger partial charge on any atom is -0.338 e. The third kappa shape index (κ3) is 4.09. The number of benzene rings is 3. The van der Waals surface area contributed by atoms with Gasteiger partial charge in [-0.15, -0.1) is 0 Å². The lowest BCUT2D eigenvalue weighted by atomic mass is 10.1. The Hall–Kier alpha value is -2.74. The SMILES string of the molecule is CC(C)N(Cc1nc(-c2ccc(Cl)cc2)no1)S(=O)(=O)c1ccc2ccccc2c1. The van der Waals surface area contributed by atoms with Gasteiger partial charge >= 0.3 is 0 Å². The van der Waals surface area contributed by atoms with Gasteiger partial charge in [0.1, 0.15) is 0 Å². The van der Waals surface area contributed by atoms with Crippen LogP contribution in [-0.4, -0.2) is 28.9 Å². The minimum absolute atomic E-state index is 0.0204. The monoisotopic (exact) mass is 441 g/mol. The molecule has 0 amide bonds. The average molecular weight is 442 g/mol. The predicted octanol–water partition coefficient (Wildman–Crippen LogP) is 5.14. The Labute approximate surface area is 180 Å². The van der Waals surface area contributed by atoms with Crippen molar-refractivity contribution in [1.82, 2.24) is 14.4 Å². The van der Waals surface area contributed by atoms with E-state index in [1.165, 1.54) is 4.31 Å². The lowest BCUT2D eigenvalue weighted by Crippen LogP contribution is -2.36. The van der Waals surface area contributed by atoms with Crippen molar-refractivity contribution in [2.75, 3.05) is 0 Å². The highest BCUT2D eigenvalue weighted by atomic mass is 35.5. The maximum absolute atomic E-state index is 13.4. The standard InChI is InChI=1S/C22H20ClN3O3S/c1-15(2)26(14-21-24-22(25-29-21)17-7-10-19(23)11-8-17)30(27,28)20-12-9-16-5-3-4-6-18(16)13-20/h3-13,15H,14H2,1-2H3. The molecule has 0 radical (unpaired) electrons. The smallest absolute Gasteiger partial charge is 0.243 e. The van der Waals surface area contributed by atoms with Crippen molar-refractivity contribution < 1.29 is 12.9 Å². The van der Waals surface area contributed by atoms with E-state index in [1.807, 2.05) is 44.2 Å². The Bertz CT molecular complexity index is 1280. The minimum atomic E-state index is -3.76. The van der Waals surface area contributed by atoms with Crippen molar-refractivity contribution in [2.45, 2.75) is 31.3 Å². The first kappa shape index (κ1) is 20.5. The molecule has 0 unspecified atom stereocenters. The van der Waals surface area contributed by atoms with E-state index in [2.05, 4.69) is 10.1 Å². The molecule has 3 aromatic carbocycles. The molecule has 4 rings (SSSR count). The van der Waals surface area contributed by atoms with E-state index < -0.39 is 10.0 Å². The molecule has 0 fully saturated rings. The third-order valence-electron chi connectivity index (χ3n) is 4.77. The number of nitrogens with zero attached hydrogens (tertiary/aromatic N) is 3. The molecule has 4 aromatic rings. The normalized spacial score (nSPS) is 12.2. The number of rotatable bonds is 6. The van der Waals surface area contributed by atoms with Crippen LogP contribution in [0.15, 0.2) is 76.1 Å². The van der Waals surface area contributed by atoms with Crippen molar-refractivity contribution in [3.8, 4) is 11.4 Å². The zero-order valence-corrected chi connectivity index (χ0v) is 18.1. The molecule has 30 heavy (non-hydrogen) atoms. The van der Waals surface area contributed by atoms with E-state index in [9.17, 15) is 8.42 Å². The quantitative estimate of drug-likeness (QED) is 0.414. The molecule has 1 heterocycles. The van der Waals surface area contributed by atoms with Crippen LogP contribution in [0, 0.1) is 0 Å². The number of fused-ring (bicyclic) bond motifs is 1. The summed E-state index contributed by atoms with van der Waals surface area (Å²) in [5.74, 6) is 0.603. The summed E-state index contributed by atoms with van der Waals surface area (Å²) in [6, 6.07) is 19.5. The summed E-state index contributed by atoms with van der Waals surface area (Å²) in [6.45, 7) is 3.61. The van der Waals surface area contributed by atoms with Crippen LogP contribution in [-0.2, 0) is 16.6 Å². The molecule has 0 spiro atoms. The van der Waals surface area contributed by atoms with Crippen LogP contribution < -0.4 is 0 Å². The molecule has 6 nitrogen and oxygen atoms in total. The van der Waals surface area contributed by atoms with Crippen LogP contribution in [0.1, 0.15) is 19.7 Å². The van der Waals surface area contributed by atoms with Gasteiger partial charge in [-0.1, -0.05) is 47.1 Å². The molecule has 0 aliphatic heterocycles. The van der Waals surface area contributed by atoms with E-state index in [0.717, 1.165) is 16.3 Å². The fraction of sp³-hybridized carbons (Fsp3) is 0.182. The van der Waals surface area contributed by atoms with Gasteiger partial charge in [0.05, 0.1) is 11.4 Å². The van der Waals surface area contributed by atoms with Gasteiger partial charge in [0.2, 0.25) is 21.7 Å². The first-order chi connectivity index (χ1) is 14.3. The third-order valence-corrected chi connectivity index (χ3v) is 7.03. The number of hydrogen-bond donors (Lipinski definition) is 0. The van der Waals surface area contributed by atoms with Crippen molar-refractivity contribution in [2.24, 2.45) is 0 Å². The molecule has 0 bridgehead atoms. The van der Waals surface area contributed by atoms with Crippen LogP contribution in [0.25, 0.3) is 22.2 Å². The van der Waals surface area contributed by atoms with Gasteiger partial charge in [-0.2, -0.15) is 9.29 Å². The summed E-state index contributed by atoms with van der Waals surface area (Å²) < 4.78 is 33.4. The molecule has 0 saturated carbocycles. The Balaban J connectivity index is 1.64. The maximum Gasteiger partial charge on any atom is 0.243 e. The van der Waals surface area contributed by atoms with E-state index in [-0.39, 0.29) is 23.4 Å². The molecule has 0 atom stereocenters. The highest BCUT2D eigenvalue weighted by molar-refractivity contribution is 7.89. The number of aromatic nitrogens is 2. The van der Waals surface area contributed by atoms with Crippen LogP contribution in [0.5, 0.6) is 0 Å². The van der Waals surface area contributed by atoms with E-state index >= 15 is 0 Å².